The molecule has 1 atom stereocenters. The van der Waals surface area contributed by atoms with Gasteiger partial charge in [0.25, 0.3) is 5.91 Å². The smallest absolute Gasteiger partial charge is 0.253 e. The first-order chi connectivity index (χ1) is 9.20. The van der Waals surface area contributed by atoms with E-state index in [0.29, 0.717) is 23.8 Å². The van der Waals surface area contributed by atoms with E-state index in [2.05, 4.69) is 17.6 Å². The van der Waals surface area contributed by atoms with Crippen LogP contribution in [0.5, 0.6) is 0 Å². The molecule has 1 unspecified atom stereocenters. The summed E-state index contributed by atoms with van der Waals surface area (Å²) in [6, 6.07) is 5.43. The van der Waals surface area contributed by atoms with Gasteiger partial charge in [0.2, 0.25) is 0 Å². The number of ether oxygens (including phenoxy) is 1. The Morgan fingerprint density at radius 2 is 2.37 bits per heavy atom. The van der Waals surface area contributed by atoms with Crippen molar-refractivity contribution in [3.05, 3.63) is 28.8 Å². The van der Waals surface area contributed by atoms with Gasteiger partial charge in [-0.05, 0) is 31.0 Å². The highest BCUT2D eigenvalue weighted by Crippen LogP contribution is 2.21. The summed E-state index contributed by atoms with van der Waals surface area (Å²) in [5.74, 6) is -0.100. The molecule has 5 heteroatoms. The highest BCUT2D eigenvalue weighted by Gasteiger charge is 2.20. The maximum atomic E-state index is 12.3. The van der Waals surface area contributed by atoms with Crippen LogP contribution in [0.1, 0.15) is 30.1 Å². The van der Waals surface area contributed by atoms with Crippen LogP contribution in [0.25, 0.3) is 0 Å². The molecule has 0 saturated carbocycles. The first kappa shape index (κ1) is 14.2. The largest absolute Gasteiger partial charge is 0.384 e. The average molecular weight is 283 g/mol. The van der Waals surface area contributed by atoms with Crippen LogP contribution in [-0.4, -0.2) is 31.7 Å². The fraction of sp³-hybridized carbons (Fsp3) is 0.500. The first-order valence-corrected chi connectivity index (χ1v) is 7.00. The zero-order chi connectivity index (χ0) is 13.7. The van der Waals surface area contributed by atoms with E-state index < -0.39 is 0 Å². The van der Waals surface area contributed by atoms with Gasteiger partial charge in [-0.3, -0.25) is 4.79 Å². The Kier molecular flexibility index (Phi) is 5.05. The van der Waals surface area contributed by atoms with Gasteiger partial charge in [0.05, 0.1) is 18.2 Å². The molecular weight excluding hydrogens is 264 g/mol. The number of carbonyl (C=O) groups is 1. The highest BCUT2D eigenvalue weighted by atomic mass is 35.5. The quantitative estimate of drug-likeness (QED) is 0.873. The van der Waals surface area contributed by atoms with Crippen LogP contribution in [-0.2, 0) is 4.74 Å². The number of carbonyl (C=O) groups excluding carboxylic acids is 1. The van der Waals surface area contributed by atoms with Crippen molar-refractivity contribution in [1.29, 1.82) is 0 Å². The Balaban J connectivity index is 2.11. The summed E-state index contributed by atoms with van der Waals surface area (Å²) >= 11 is 5.98. The molecule has 1 aliphatic rings. The maximum Gasteiger partial charge on any atom is 0.253 e. The third kappa shape index (κ3) is 3.85. The van der Waals surface area contributed by atoms with Crippen LogP contribution in [0, 0.1) is 0 Å². The molecule has 19 heavy (non-hydrogen) atoms. The minimum atomic E-state index is -0.100. The number of rotatable bonds is 5. The van der Waals surface area contributed by atoms with Crippen molar-refractivity contribution >= 4 is 23.2 Å². The number of benzene rings is 1. The van der Waals surface area contributed by atoms with E-state index >= 15 is 0 Å². The summed E-state index contributed by atoms with van der Waals surface area (Å²) in [6.45, 7) is 4.21. The second-order valence-electron chi connectivity index (χ2n) is 4.65. The van der Waals surface area contributed by atoms with Gasteiger partial charge in [0.1, 0.15) is 0 Å². The minimum absolute atomic E-state index is 0.100. The van der Waals surface area contributed by atoms with Crippen LogP contribution in [0.4, 0.5) is 5.69 Å². The molecule has 1 saturated heterocycles. The SMILES string of the molecule is CCCNc1ccc(Cl)cc1C(=O)NC1CCOC1. The van der Waals surface area contributed by atoms with E-state index in [4.69, 9.17) is 16.3 Å². The predicted octanol–water partition coefficient (Wildman–Crippen LogP) is 2.68. The van der Waals surface area contributed by atoms with E-state index in [0.717, 1.165) is 25.1 Å². The Morgan fingerprint density at radius 3 is 3.05 bits per heavy atom. The topological polar surface area (TPSA) is 50.4 Å². The van der Waals surface area contributed by atoms with Crippen LogP contribution < -0.4 is 10.6 Å². The zero-order valence-corrected chi connectivity index (χ0v) is 11.8. The van der Waals surface area contributed by atoms with Crippen molar-refractivity contribution in [3.63, 3.8) is 0 Å². The molecule has 2 rings (SSSR count). The van der Waals surface area contributed by atoms with Gasteiger partial charge in [0.15, 0.2) is 0 Å². The number of halogens is 1. The van der Waals surface area contributed by atoms with Crippen LogP contribution >= 0.6 is 11.6 Å². The molecule has 1 fully saturated rings. The summed E-state index contributed by atoms with van der Waals surface area (Å²) in [7, 11) is 0. The van der Waals surface area contributed by atoms with Crippen LogP contribution in [0.2, 0.25) is 5.02 Å². The van der Waals surface area contributed by atoms with Crippen LogP contribution in [0.3, 0.4) is 0 Å². The number of hydrogen-bond acceptors (Lipinski definition) is 3. The normalized spacial score (nSPS) is 18.3. The summed E-state index contributed by atoms with van der Waals surface area (Å²) in [5, 5.41) is 6.79. The molecule has 1 aromatic carbocycles. The monoisotopic (exact) mass is 282 g/mol. The molecule has 0 aliphatic carbocycles. The zero-order valence-electron chi connectivity index (χ0n) is 11.0. The van der Waals surface area contributed by atoms with E-state index in [1.54, 1.807) is 12.1 Å². The summed E-state index contributed by atoms with van der Waals surface area (Å²) in [5.41, 5.74) is 1.41. The maximum absolute atomic E-state index is 12.3. The van der Waals surface area contributed by atoms with Gasteiger partial charge >= 0.3 is 0 Å². The van der Waals surface area contributed by atoms with Gasteiger partial charge in [-0.25, -0.2) is 0 Å². The van der Waals surface area contributed by atoms with Crippen molar-refractivity contribution in [3.8, 4) is 0 Å². The molecule has 1 aliphatic heterocycles. The standard InChI is InChI=1S/C14H19ClN2O2/c1-2-6-16-13-4-3-10(15)8-12(13)14(18)17-11-5-7-19-9-11/h3-4,8,11,16H,2,5-7,9H2,1H3,(H,17,18). The lowest BCUT2D eigenvalue weighted by Crippen LogP contribution is -2.35. The summed E-state index contributed by atoms with van der Waals surface area (Å²) in [4.78, 5) is 12.3. The van der Waals surface area contributed by atoms with Gasteiger partial charge in [-0.15, -0.1) is 0 Å². The van der Waals surface area contributed by atoms with E-state index in [9.17, 15) is 4.79 Å². The van der Waals surface area contributed by atoms with Crippen molar-refractivity contribution in [2.45, 2.75) is 25.8 Å². The Morgan fingerprint density at radius 1 is 1.53 bits per heavy atom. The Bertz CT molecular complexity index is 445. The Labute approximate surface area is 118 Å². The lowest BCUT2D eigenvalue weighted by atomic mass is 10.1. The van der Waals surface area contributed by atoms with Crippen molar-refractivity contribution in [1.82, 2.24) is 5.32 Å². The molecule has 1 amide bonds. The molecule has 0 bridgehead atoms. The summed E-state index contributed by atoms with van der Waals surface area (Å²) in [6.07, 6.45) is 1.87. The molecule has 1 aromatic rings. The highest BCUT2D eigenvalue weighted by molar-refractivity contribution is 6.31. The van der Waals surface area contributed by atoms with Crippen molar-refractivity contribution < 1.29 is 9.53 Å². The number of amides is 1. The molecule has 0 radical (unpaired) electrons. The summed E-state index contributed by atoms with van der Waals surface area (Å²) < 4.78 is 5.26. The molecule has 0 spiro atoms. The second-order valence-corrected chi connectivity index (χ2v) is 5.09. The molecule has 2 N–H and O–H groups in total. The third-order valence-electron chi connectivity index (χ3n) is 3.06. The fourth-order valence-electron chi connectivity index (χ4n) is 2.03. The molecule has 0 aromatic heterocycles. The lowest BCUT2D eigenvalue weighted by Gasteiger charge is -2.15. The third-order valence-corrected chi connectivity index (χ3v) is 3.29. The van der Waals surface area contributed by atoms with Crippen molar-refractivity contribution in [2.75, 3.05) is 25.1 Å². The minimum Gasteiger partial charge on any atom is -0.384 e. The van der Waals surface area contributed by atoms with Gasteiger partial charge < -0.3 is 15.4 Å². The Hall–Kier alpha value is -1.26. The van der Waals surface area contributed by atoms with Gasteiger partial charge in [0, 0.05) is 23.9 Å². The van der Waals surface area contributed by atoms with E-state index in [-0.39, 0.29) is 11.9 Å². The second kappa shape index (κ2) is 6.78. The number of hydrogen-bond donors (Lipinski definition) is 2. The predicted molar refractivity (Wildman–Crippen MR) is 76.9 cm³/mol. The number of nitrogens with one attached hydrogen (secondary N) is 2. The molecular formula is C14H19ClN2O2. The van der Waals surface area contributed by atoms with Crippen molar-refractivity contribution in [2.24, 2.45) is 0 Å². The average Bonchev–Trinajstić information content (AvgIpc) is 2.90. The first-order valence-electron chi connectivity index (χ1n) is 6.62. The van der Waals surface area contributed by atoms with Crippen LogP contribution in [0.15, 0.2) is 18.2 Å². The molecule has 1 heterocycles. The van der Waals surface area contributed by atoms with E-state index in [1.165, 1.54) is 0 Å². The fourth-order valence-corrected chi connectivity index (χ4v) is 2.20. The molecule has 4 nitrogen and oxygen atoms in total. The van der Waals surface area contributed by atoms with Gasteiger partial charge in [-0.1, -0.05) is 18.5 Å². The van der Waals surface area contributed by atoms with E-state index in [1.807, 2.05) is 6.07 Å². The number of anilines is 1. The van der Waals surface area contributed by atoms with Gasteiger partial charge in [-0.2, -0.15) is 0 Å². The lowest BCUT2D eigenvalue weighted by molar-refractivity contribution is 0.0930. The molecule has 104 valence electrons.